The normalized spacial score (nSPS) is 12.6. The number of benzene rings is 2. The molecule has 0 aromatic heterocycles. The summed E-state index contributed by atoms with van der Waals surface area (Å²) in [4.78, 5) is 48.7. The van der Waals surface area contributed by atoms with Crippen LogP contribution in [0.5, 0.6) is 0 Å². The van der Waals surface area contributed by atoms with E-state index in [1.54, 1.807) is 30.3 Å². The molecule has 0 fully saturated rings. The topological polar surface area (TPSA) is 108 Å². The predicted molar refractivity (Wildman–Crippen MR) is 98.7 cm³/mol. The van der Waals surface area contributed by atoms with Crippen molar-refractivity contribution in [2.24, 2.45) is 0 Å². The molecule has 1 aliphatic heterocycles. The Morgan fingerprint density at radius 2 is 1.56 bits per heavy atom. The number of carbonyl (C=O) groups excluding carboxylic acids is 4. The highest BCUT2D eigenvalue weighted by Gasteiger charge is 2.32. The summed E-state index contributed by atoms with van der Waals surface area (Å²) in [6, 6.07) is 12.8. The fourth-order valence-corrected chi connectivity index (χ4v) is 2.66. The van der Waals surface area contributed by atoms with Gasteiger partial charge in [-0.1, -0.05) is 18.2 Å². The summed E-state index contributed by atoms with van der Waals surface area (Å²) in [6.45, 7) is 0.499. The molecule has 1 heterocycles. The Bertz CT molecular complexity index is 911. The highest BCUT2D eigenvalue weighted by molar-refractivity contribution is 6.21. The second-order valence-electron chi connectivity index (χ2n) is 5.93. The number of rotatable bonds is 5. The number of nitrogens with zero attached hydrogens (tertiary/aromatic N) is 1. The van der Waals surface area contributed by atoms with Crippen LogP contribution in [0.4, 0.5) is 10.5 Å². The van der Waals surface area contributed by atoms with Crippen molar-refractivity contribution in [1.29, 1.82) is 0 Å². The van der Waals surface area contributed by atoms with E-state index in [0.29, 0.717) is 16.8 Å². The predicted octanol–water partition coefficient (Wildman–Crippen LogP) is 1.46. The summed E-state index contributed by atoms with van der Waals surface area (Å²) >= 11 is 0. The number of hydrogen-bond acceptors (Lipinski definition) is 4. The van der Waals surface area contributed by atoms with E-state index in [1.807, 2.05) is 6.07 Å². The summed E-state index contributed by atoms with van der Waals surface area (Å²) in [5.74, 6) is -0.980. The maximum Gasteiger partial charge on any atom is 0.319 e. The van der Waals surface area contributed by atoms with Crippen LogP contribution in [0.1, 0.15) is 31.1 Å². The fourth-order valence-electron chi connectivity index (χ4n) is 2.66. The average Bonchev–Trinajstić information content (AvgIpc) is 2.90. The van der Waals surface area contributed by atoms with E-state index in [1.165, 1.54) is 19.2 Å². The number of urea groups is 1. The van der Waals surface area contributed by atoms with E-state index in [0.717, 1.165) is 4.90 Å². The smallest absolute Gasteiger partial charge is 0.319 e. The first kappa shape index (κ1) is 18.1. The Morgan fingerprint density at radius 3 is 2.30 bits per heavy atom. The molecule has 0 bridgehead atoms. The minimum Gasteiger partial charge on any atom is -0.350 e. The molecule has 3 N–H and O–H groups in total. The van der Waals surface area contributed by atoms with Crippen molar-refractivity contribution >= 4 is 29.4 Å². The maximum absolute atomic E-state index is 12.0. The van der Waals surface area contributed by atoms with Crippen LogP contribution >= 0.6 is 0 Å². The summed E-state index contributed by atoms with van der Waals surface area (Å²) in [6.07, 6.45) is 0. The molecule has 0 radical (unpaired) electrons. The Morgan fingerprint density at radius 1 is 0.889 bits per heavy atom. The van der Waals surface area contributed by atoms with Gasteiger partial charge in [0, 0.05) is 31.4 Å². The molecular formula is C19H18N4O4. The van der Waals surface area contributed by atoms with Gasteiger partial charge in [0.15, 0.2) is 0 Å². The minimum atomic E-state index is -0.478. The Kier molecular flexibility index (Phi) is 5.16. The maximum atomic E-state index is 12.0. The quantitative estimate of drug-likeness (QED) is 0.550. The van der Waals surface area contributed by atoms with E-state index < -0.39 is 11.9 Å². The lowest BCUT2D eigenvalue weighted by Crippen LogP contribution is -2.36. The first-order valence-electron chi connectivity index (χ1n) is 8.32. The third-order valence-electron chi connectivity index (χ3n) is 4.08. The van der Waals surface area contributed by atoms with Gasteiger partial charge in [-0.15, -0.1) is 0 Å². The molecule has 0 saturated carbocycles. The van der Waals surface area contributed by atoms with Gasteiger partial charge in [-0.2, -0.15) is 0 Å². The largest absolute Gasteiger partial charge is 0.350 e. The molecule has 0 unspecified atom stereocenters. The molecule has 138 valence electrons. The molecule has 0 aliphatic carbocycles. The van der Waals surface area contributed by atoms with Gasteiger partial charge in [0.05, 0.1) is 11.1 Å². The van der Waals surface area contributed by atoms with Crippen LogP contribution in [0.2, 0.25) is 0 Å². The standard InChI is InChI=1S/C19H18N4O4/c1-23-17(25)14-8-7-13(11-15(14)18(23)26)22-19(27)21-10-9-20-16(24)12-5-3-2-4-6-12/h2-8,11H,9-10H2,1H3,(H,20,24)(H2,21,22,27). The summed E-state index contributed by atoms with van der Waals surface area (Å²) in [5, 5.41) is 7.90. The SMILES string of the molecule is CN1C(=O)c2ccc(NC(=O)NCCNC(=O)c3ccccc3)cc2C1=O. The highest BCUT2D eigenvalue weighted by Crippen LogP contribution is 2.24. The molecule has 8 heteroatoms. The van der Waals surface area contributed by atoms with Gasteiger partial charge in [0.25, 0.3) is 17.7 Å². The van der Waals surface area contributed by atoms with Gasteiger partial charge in [-0.3, -0.25) is 19.3 Å². The van der Waals surface area contributed by atoms with Crippen molar-refractivity contribution in [2.75, 3.05) is 25.5 Å². The van der Waals surface area contributed by atoms with E-state index in [9.17, 15) is 19.2 Å². The zero-order chi connectivity index (χ0) is 19.4. The van der Waals surface area contributed by atoms with Gasteiger partial charge in [0.1, 0.15) is 0 Å². The number of hydrogen-bond donors (Lipinski definition) is 3. The Balaban J connectivity index is 1.47. The molecule has 0 atom stereocenters. The first-order valence-corrected chi connectivity index (χ1v) is 8.32. The van der Waals surface area contributed by atoms with E-state index in [2.05, 4.69) is 16.0 Å². The lowest BCUT2D eigenvalue weighted by Gasteiger charge is -2.09. The number of fused-ring (bicyclic) bond motifs is 1. The fraction of sp³-hybridized carbons (Fsp3) is 0.158. The van der Waals surface area contributed by atoms with Crippen molar-refractivity contribution in [3.05, 3.63) is 65.2 Å². The van der Waals surface area contributed by atoms with Crippen LogP contribution in [0, 0.1) is 0 Å². The second-order valence-corrected chi connectivity index (χ2v) is 5.93. The molecule has 8 nitrogen and oxygen atoms in total. The van der Waals surface area contributed by atoms with Crippen molar-refractivity contribution in [2.45, 2.75) is 0 Å². The van der Waals surface area contributed by atoms with Gasteiger partial charge in [0.2, 0.25) is 0 Å². The zero-order valence-corrected chi connectivity index (χ0v) is 14.6. The van der Waals surface area contributed by atoms with Crippen LogP contribution in [-0.4, -0.2) is 48.8 Å². The van der Waals surface area contributed by atoms with Crippen molar-refractivity contribution in [3.63, 3.8) is 0 Å². The second kappa shape index (κ2) is 7.69. The molecule has 5 amide bonds. The molecule has 0 saturated heterocycles. The zero-order valence-electron chi connectivity index (χ0n) is 14.6. The monoisotopic (exact) mass is 366 g/mol. The lowest BCUT2D eigenvalue weighted by molar-refractivity contribution is 0.0692. The molecule has 2 aromatic rings. The molecule has 2 aromatic carbocycles. The first-order chi connectivity index (χ1) is 13.0. The number of anilines is 1. The van der Waals surface area contributed by atoms with Crippen LogP contribution in [0.15, 0.2) is 48.5 Å². The van der Waals surface area contributed by atoms with Crippen LogP contribution in [0.3, 0.4) is 0 Å². The van der Waals surface area contributed by atoms with Crippen molar-refractivity contribution < 1.29 is 19.2 Å². The molecule has 1 aliphatic rings. The van der Waals surface area contributed by atoms with Gasteiger partial charge in [-0.05, 0) is 30.3 Å². The number of amides is 5. The summed E-state index contributed by atoms with van der Waals surface area (Å²) < 4.78 is 0. The number of imide groups is 1. The third-order valence-corrected chi connectivity index (χ3v) is 4.08. The van der Waals surface area contributed by atoms with Crippen molar-refractivity contribution in [1.82, 2.24) is 15.5 Å². The summed E-state index contributed by atoms with van der Waals surface area (Å²) in [7, 11) is 1.41. The number of carbonyl (C=O) groups is 4. The Labute approximate surface area is 155 Å². The van der Waals surface area contributed by atoms with Gasteiger partial charge < -0.3 is 16.0 Å². The van der Waals surface area contributed by atoms with Crippen LogP contribution in [-0.2, 0) is 0 Å². The minimum absolute atomic E-state index is 0.219. The van der Waals surface area contributed by atoms with Crippen molar-refractivity contribution in [3.8, 4) is 0 Å². The van der Waals surface area contributed by atoms with E-state index in [4.69, 9.17) is 0 Å². The molecular weight excluding hydrogens is 348 g/mol. The van der Waals surface area contributed by atoms with E-state index in [-0.39, 0.29) is 30.5 Å². The summed E-state index contributed by atoms with van der Waals surface area (Å²) in [5.41, 5.74) is 1.52. The molecule has 27 heavy (non-hydrogen) atoms. The third kappa shape index (κ3) is 3.95. The molecule has 0 spiro atoms. The van der Waals surface area contributed by atoms with Gasteiger partial charge >= 0.3 is 6.03 Å². The van der Waals surface area contributed by atoms with E-state index >= 15 is 0 Å². The molecule has 3 rings (SSSR count). The lowest BCUT2D eigenvalue weighted by atomic mass is 10.1. The Hall–Kier alpha value is -3.68. The van der Waals surface area contributed by atoms with Gasteiger partial charge in [-0.25, -0.2) is 4.79 Å². The number of nitrogens with one attached hydrogen (secondary N) is 3. The average molecular weight is 366 g/mol. The van der Waals surface area contributed by atoms with Crippen LogP contribution in [0.25, 0.3) is 0 Å². The highest BCUT2D eigenvalue weighted by atomic mass is 16.2. The van der Waals surface area contributed by atoms with Crippen LogP contribution < -0.4 is 16.0 Å².